The Morgan fingerprint density at radius 3 is 2.62 bits per heavy atom. The summed E-state index contributed by atoms with van der Waals surface area (Å²) in [6.45, 7) is 4.87. The van der Waals surface area contributed by atoms with Crippen LogP contribution < -0.4 is 10.6 Å². The van der Waals surface area contributed by atoms with Gasteiger partial charge in [-0.15, -0.1) is 0 Å². The van der Waals surface area contributed by atoms with Gasteiger partial charge in [0, 0.05) is 32.4 Å². The second-order valence-corrected chi connectivity index (χ2v) is 5.87. The van der Waals surface area contributed by atoms with E-state index in [4.69, 9.17) is 0 Å². The third-order valence-corrected chi connectivity index (χ3v) is 3.72. The lowest BCUT2D eigenvalue weighted by Gasteiger charge is -2.18. The van der Waals surface area contributed by atoms with Gasteiger partial charge in [0.25, 0.3) is 0 Å². The van der Waals surface area contributed by atoms with Crippen molar-refractivity contribution in [3.63, 3.8) is 0 Å². The quantitative estimate of drug-likeness (QED) is 0.727. The standard InChI is InChI=1S/C18H24N4O2/c1-14-4-6-16(7-5-14)17(21-15(2)23)12-18(24)20-8-3-10-22-11-9-19-13-22/h4-7,9,11,13,17H,3,8,10,12H2,1-2H3,(H,20,24)(H,21,23). The fraction of sp³-hybridized carbons (Fsp3) is 0.389. The molecule has 0 radical (unpaired) electrons. The molecule has 128 valence electrons. The highest BCUT2D eigenvalue weighted by molar-refractivity contribution is 5.79. The predicted octanol–water partition coefficient (Wildman–Crippen LogP) is 1.97. The van der Waals surface area contributed by atoms with Gasteiger partial charge in [-0.3, -0.25) is 9.59 Å². The van der Waals surface area contributed by atoms with Crippen LogP contribution in [0.5, 0.6) is 0 Å². The Bertz CT molecular complexity index is 650. The smallest absolute Gasteiger partial charge is 0.222 e. The van der Waals surface area contributed by atoms with Gasteiger partial charge in [0.15, 0.2) is 0 Å². The monoisotopic (exact) mass is 328 g/mol. The van der Waals surface area contributed by atoms with E-state index in [1.165, 1.54) is 6.92 Å². The molecule has 2 amide bonds. The van der Waals surface area contributed by atoms with Crippen molar-refractivity contribution in [3.8, 4) is 0 Å². The Morgan fingerprint density at radius 2 is 2.00 bits per heavy atom. The van der Waals surface area contributed by atoms with E-state index in [-0.39, 0.29) is 24.3 Å². The summed E-state index contributed by atoms with van der Waals surface area (Å²) in [5.74, 6) is -0.214. The number of aryl methyl sites for hydroxylation is 2. The number of hydrogen-bond donors (Lipinski definition) is 2. The highest BCUT2D eigenvalue weighted by Gasteiger charge is 2.16. The maximum absolute atomic E-state index is 12.2. The molecule has 0 spiro atoms. The molecule has 6 nitrogen and oxygen atoms in total. The Morgan fingerprint density at radius 1 is 1.25 bits per heavy atom. The van der Waals surface area contributed by atoms with Crippen LogP contribution >= 0.6 is 0 Å². The number of hydrogen-bond acceptors (Lipinski definition) is 3. The molecule has 0 saturated heterocycles. The zero-order valence-corrected chi connectivity index (χ0v) is 14.2. The molecule has 0 aliphatic rings. The van der Waals surface area contributed by atoms with Crippen molar-refractivity contribution in [2.75, 3.05) is 6.54 Å². The van der Waals surface area contributed by atoms with Crippen molar-refractivity contribution in [2.45, 2.75) is 39.3 Å². The zero-order valence-electron chi connectivity index (χ0n) is 14.2. The van der Waals surface area contributed by atoms with Crippen LogP contribution in [0.2, 0.25) is 0 Å². The molecule has 2 N–H and O–H groups in total. The van der Waals surface area contributed by atoms with Gasteiger partial charge in [-0.2, -0.15) is 0 Å². The predicted molar refractivity (Wildman–Crippen MR) is 92.2 cm³/mol. The van der Waals surface area contributed by atoms with Crippen molar-refractivity contribution in [3.05, 3.63) is 54.1 Å². The van der Waals surface area contributed by atoms with Gasteiger partial charge in [0.05, 0.1) is 18.8 Å². The van der Waals surface area contributed by atoms with E-state index in [1.807, 2.05) is 42.0 Å². The third kappa shape index (κ3) is 5.87. The number of imidazole rings is 1. The summed E-state index contributed by atoms with van der Waals surface area (Å²) in [5, 5.41) is 5.75. The topological polar surface area (TPSA) is 76.0 Å². The van der Waals surface area contributed by atoms with Gasteiger partial charge in [0.1, 0.15) is 0 Å². The lowest BCUT2D eigenvalue weighted by Crippen LogP contribution is -2.33. The summed E-state index contributed by atoms with van der Waals surface area (Å²) in [7, 11) is 0. The minimum atomic E-state index is -0.309. The molecule has 2 rings (SSSR count). The molecule has 1 aromatic carbocycles. The number of carbonyl (C=O) groups is 2. The van der Waals surface area contributed by atoms with Crippen molar-refractivity contribution in [1.29, 1.82) is 0 Å². The second-order valence-electron chi connectivity index (χ2n) is 5.87. The molecule has 24 heavy (non-hydrogen) atoms. The minimum Gasteiger partial charge on any atom is -0.356 e. The number of nitrogens with one attached hydrogen (secondary N) is 2. The van der Waals surface area contributed by atoms with Gasteiger partial charge in [-0.1, -0.05) is 29.8 Å². The normalized spacial score (nSPS) is 11.8. The van der Waals surface area contributed by atoms with E-state index in [9.17, 15) is 9.59 Å². The summed E-state index contributed by atoms with van der Waals surface area (Å²) >= 11 is 0. The van der Waals surface area contributed by atoms with E-state index in [0.29, 0.717) is 6.54 Å². The Hall–Kier alpha value is -2.63. The molecule has 1 atom stereocenters. The highest BCUT2D eigenvalue weighted by atomic mass is 16.2. The number of amides is 2. The molecule has 2 aromatic rings. The number of benzene rings is 1. The van der Waals surface area contributed by atoms with E-state index in [1.54, 1.807) is 12.5 Å². The Balaban J connectivity index is 1.82. The van der Waals surface area contributed by atoms with Crippen molar-refractivity contribution >= 4 is 11.8 Å². The fourth-order valence-electron chi connectivity index (χ4n) is 2.46. The number of aromatic nitrogens is 2. The van der Waals surface area contributed by atoms with Crippen LogP contribution in [0.4, 0.5) is 0 Å². The molecule has 0 bridgehead atoms. The zero-order chi connectivity index (χ0) is 17.4. The molecular formula is C18H24N4O2. The lowest BCUT2D eigenvalue weighted by molar-refractivity contribution is -0.122. The van der Waals surface area contributed by atoms with Crippen LogP contribution in [0.3, 0.4) is 0 Å². The van der Waals surface area contributed by atoms with Crippen LogP contribution in [-0.2, 0) is 16.1 Å². The van der Waals surface area contributed by atoms with Gasteiger partial charge >= 0.3 is 0 Å². The Kier molecular flexibility index (Phi) is 6.54. The summed E-state index contributed by atoms with van der Waals surface area (Å²) in [6, 6.07) is 7.54. The average Bonchev–Trinajstić information content (AvgIpc) is 3.04. The molecule has 1 aromatic heterocycles. The number of carbonyl (C=O) groups excluding carboxylic acids is 2. The number of rotatable bonds is 8. The van der Waals surface area contributed by atoms with Crippen LogP contribution in [0.1, 0.15) is 36.9 Å². The van der Waals surface area contributed by atoms with Crippen molar-refractivity contribution in [2.24, 2.45) is 0 Å². The Labute approximate surface area is 142 Å². The van der Waals surface area contributed by atoms with Crippen molar-refractivity contribution in [1.82, 2.24) is 20.2 Å². The maximum atomic E-state index is 12.2. The van der Waals surface area contributed by atoms with Crippen LogP contribution in [-0.4, -0.2) is 27.9 Å². The lowest BCUT2D eigenvalue weighted by atomic mass is 10.0. The molecule has 0 saturated carbocycles. The van der Waals surface area contributed by atoms with Gasteiger partial charge < -0.3 is 15.2 Å². The van der Waals surface area contributed by atoms with E-state index in [0.717, 1.165) is 24.1 Å². The van der Waals surface area contributed by atoms with E-state index >= 15 is 0 Å². The van der Waals surface area contributed by atoms with Gasteiger partial charge in [0.2, 0.25) is 11.8 Å². The molecule has 0 aliphatic carbocycles. The maximum Gasteiger partial charge on any atom is 0.222 e. The first-order chi connectivity index (χ1) is 11.5. The highest BCUT2D eigenvalue weighted by Crippen LogP contribution is 2.17. The molecule has 0 fully saturated rings. The SMILES string of the molecule is CC(=O)NC(CC(=O)NCCCn1ccnc1)c1ccc(C)cc1. The molecule has 0 aliphatic heterocycles. The summed E-state index contributed by atoms with van der Waals surface area (Å²) < 4.78 is 1.97. The largest absolute Gasteiger partial charge is 0.356 e. The molecule has 1 unspecified atom stereocenters. The molecule has 1 heterocycles. The van der Waals surface area contributed by atoms with E-state index in [2.05, 4.69) is 15.6 Å². The molecular weight excluding hydrogens is 304 g/mol. The molecule has 6 heteroatoms. The summed E-state index contributed by atoms with van der Waals surface area (Å²) in [4.78, 5) is 27.5. The summed E-state index contributed by atoms with van der Waals surface area (Å²) in [5.41, 5.74) is 2.08. The van der Waals surface area contributed by atoms with Crippen molar-refractivity contribution < 1.29 is 9.59 Å². The second kappa shape index (κ2) is 8.86. The summed E-state index contributed by atoms with van der Waals surface area (Å²) in [6.07, 6.45) is 6.45. The average molecular weight is 328 g/mol. The van der Waals surface area contributed by atoms with E-state index < -0.39 is 0 Å². The number of nitrogens with zero attached hydrogens (tertiary/aromatic N) is 2. The first kappa shape index (κ1) is 17.7. The van der Waals surface area contributed by atoms with Crippen LogP contribution in [0.25, 0.3) is 0 Å². The van der Waals surface area contributed by atoms with Crippen LogP contribution in [0, 0.1) is 6.92 Å². The first-order valence-electron chi connectivity index (χ1n) is 8.10. The van der Waals surface area contributed by atoms with Gasteiger partial charge in [-0.25, -0.2) is 4.98 Å². The van der Waals surface area contributed by atoms with Crippen LogP contribution in [0.15, 0.2) is 43.0 Å². The minimum absolute atomic E-state index is 0.0695. The first-order valence-corrected chi connectivity index (χ1v) is 8.10. The third-order valence-electron chi connectivity index (χ3n) is 3.72. The van der Waals surface area contributed by atoms with Gasteiger partial charge in [-0.05, 0) is 18.9 Å². The fourth-order valence-corrected chi connectivity index (χ4v) is 2.46.